The number of piperidine rings is 1. The Balaban J connectivity index is 0.00000208. The Morgan fingerprint density at radius 1 is 1.04 bits per heavy atom. The van der Waals surface area contributed by atoms with Crippen molar-refractivity contribution in [2.24, 2.45) is 0 Å². The van der Waals surface area contributed by atoms with Crippen LogP contribution in [0.4, 0.5) is 4.79 Å². The maximum absolute atomic E-state index is 12.1. The first-order valence-corrected chi connectivity index (χ1v) is 9.17. The summed E-state index contributed by atoms with van der Waals surface area (Å²) in [5.41, 5.74) is 0. The third-order valence-corrected chi connectivity index (χ3v) is 5.66. The van der Waals surface area contributed by atoms with Gasteiger partial charge in [-0.1, -0.05) is 19.3 Å². The van der Waals surface area contributed by atoms with Gasteiger partial charge in [0.1, 0.15) is 0 Å². The highest BCUT2D eigenvalue weighted by atomic mass is 35.5. The van der Waals surface area contributed by atoms with Gasteiger partial charge in [0.05, 0.1) is 6.54 Å². The Bertz CT molecular complexity index is 430. The number of fused-ring (bicyclic) bond motifs is 2. The van der Waals surface area contributed by atoms with E-state index in [4.69, 9.17) is 0 Å². The third-order valence-electron chi connectivity index (χ3n) is 5.66. The molecule has 3 amide bonds. The van der Waals surface area contributed by atoms with Gasteiger partial charge in [0.2, 0.25) is 5.91 Å². The molecule has 1 saturated carbocycles. The molecule has 2 aliphatic heterocycles. The van der Waals surface area contributed by atoms with Crippen molar-refractivity contribution >= 4 is 24.3 Å². The quantitative estimate of drug-likeness (QED) is 0.716. The largest absolute Gasteiger partial charge is 0.335 e. The normalized spacial score (nSPS) is 29.8. The van der Waals surface area contributed by atoms with Gasteiger partial charge in [0.15, 0.2) is 0 Å². The van der Waals surface area contributed by atoms with Gasteiger partial charge >= 0.3 is 6.03 Å². The average Bonchev–Trinajstić information content (AvgIpc) is 2.86. The minimum Gasteiger partial charge on any atom is -0.335 e. The topological polar surface area (TPSA) is 73.5 Å². The Kier molecular flexibility index (Phi) is 7.32. The van der Waals surface area contributed by atoms with Gasteiger partial charge in [0.25, 0.3) is 0 Å². The molecule has 6 nitrogen and oxygen atoms in total. The molecule has 3 N–H and O–H groups in total. The lowest BCUT2D eigenvalue weighted by molar-refractivity contribution is -0.121. The van der Waals surface area contributed by atoms with Gasteiger partial charge in [-0.3, -0.25) is 15.0 Å². The summed E-state index contributed by atoms with van der Waals surface area (Å²) >= 11 is 0. The molecule has 24 heavy (non-hydrogen) atoms. The van der Waals surface area contributed by atoms with Crippen molar-refractivity contribution in [2.45, 2.75) is 82.0 Å². The molecule has 2 unspecified atom stereocenters. The highest BCUT2D eigenvalue weighted by Crippen LogP contribution is 2.29. The number of hydrogen-bond donors (Lipinski definition) is 3. The molecule has 138 valence electrons. The van der Waals surface area contributed by atoms with Gasteiger partial charge in [-0.05, 0) is 45.6 Å². The fourth-order valence-electron chi connectivity index (χ4n) is 4.38. The summed E-state index contributed by atoms with van der Waals surface area (Å²) in [6.45, 7) is 0.294. The van der Waals surface area contributed by atoms with E-state index in [1.54, 1.807) is 0 Å². The number of halogens is 1. The molecule has 2 saturated heterocycles. The fourth-order valence-corrected chi connectivity index (χ4v) is 4.38. The third kappa shape index (κ3) is 5.33. The first-order chi connectivity index (χ1) is 11.1. The zero-order valence-corrected chi connectivity index (χ0v) is 15.4. The molecular formula is C17H31ClN4O2. The minimum absolute atomic E-state index is 0. The Morgan fingerprint density at radius 3 is 2.29 bits per heavy atom. The lowest BCUT2D eigenvalue weighted by Crippen LogP contribution is -2.51. The van der Waals surface area contributed by atoms with Gasteiger partial charge in [-0.2, -0.15) is 0 Å². The number of amides is 3. The molecule has 3 fully saturated rings. The van der Waals surface area contributed by atoms with Crippen LogP contribution in [0.15, 0.2) is 0 Å². The van der Waals surface area contributed by atoms with Gasteiger partial charge in [0, 0.05) is 24.2 Å². The fraction of sp³-hybridized carbons (Fsp3) is 0.882. The molecule has 3 aliphatic rings. The molecule has 7 heteroatoms. The number of hydrogen-bond acceptors (Lipinski definition) is 4. The zero-order chi connectivity index (χ0) is 16.2. The minimum atomic E-state index is -0.333. The molecule has 2 bridgehead atoms. The van der Waals surface area contributed by atoms with Crippen LogP contribution < -0.4 is 16.0 Å². The lowest BCUT2D eigenvalue weighted by atomic mass is 9.96. The summed E-state index contributed by atoms with van der Waals surface area (Å²) in [5, 5.41) is 9.03. The van der Waals surface area contributed by atoms with Crippen LogP contribution in [-0.4, -0.2) is 54.6 Å². The summed E-state index contributed by atoms with van der Waals surface area (Å²) in [5.74, 6) is -0.202. The highest BCUT2D eigenvalue weighted by Gasteiger charge is 2.35. The van der Waals surface area contributed by atoms with Crippen molar-refractivity contribution in [3.05, 3.63) is 0 Å². The summed E-state index contributed by atoms with van der Waals surface area (Å²) in [4.78, 5) is 26.1. The van der Waals surface area contributed by atoms with E-state index in [0.717, 1.165) is 25.7 Å². The summed E-state index contributed by atoms with van der Waals surface area (Å²) in [6, 6.07) is 1.56. The number of imide groups is 1. The van der Waals surface area contributed by atoms with Gasteiger partial charge < -0.3 is 10.6 Å². The highest BCUT2D eigenvalue weighted by molar-refractivity contribution is 5.95. The van der Waals surface area contributed by atoms with Crippen LogP contribution in [-0.2, 0) is 4.79 Å². The second kappa shape index (κ2) is 9.02. The Morgan fingerprint density at radius 2 is 1.67 bits per heavy atom. The molecule has 0 spiro atoms. The van der Waals surface area contributed by atoms with E-state index in [2.05, 4.69) is 20.9 Å². The van der Waals surface area contributed by atoms with Crippen molar-refractivity contribution in [3.63, 3.8) is 0 Å². The summed E-state index contributed by atoms with van der Waals surface area (Å²) in [6.07, 6.45) is 10.4. The first-order valence-electron chi connectivity index (χ1n) is 9.17. The lowest BCUT2D eigenvalue weighted by Gasteiger charge is -2.35. The molecule has 1 aliphatic carbocycles. The Labute approximate surface area is 150 Å². The van der Waals surface area contributed by atoms with Crippen LogP contribution in [0.1, 0.15) is 57.8 Å². The molecule has 0 aromatic heterocycles. The Hall–Kier alpha value is -0.850. The number of nitrogens with zero attached hydrogens (tertiary/aromatic N) is 1. The van der Waals surface area contributed by atoms with Crippen LogP contribution in [0, 0.1) is 0 Å². The van der Waals surface area contributed by atoms with Crippen LogP contribution in [0.5, 0.6) is 0 Å². The molecule has 3 rings (SSSR count). The molecule has 2 heterocycles. The van der Waals surface area contributed by atoms with E-state index in [1.807, 2.05) is 7.05 Å². The predicted molar refractivity (Wildman–Crippen MR) is 96.4 cm³/mol. The maximum atomic E-state index is 12.1. The summed E-state index contributed by atoms with van der Waals surface area (Å²) in [7, 11) is 1.99. The van der Waals surface area contributed by atoms with Crippen molar-refractivity contribution in [2.75, 3.05) is 13.6 Å². The second-order valence-electron chi connectivity index (χ2n) is 7.53. The predicted octanol–water partition coefficient (Wildman–Crippen LogP) is 1.78. The first kappa shape index (κ1) is 19.5. The van der Waals surface area contributed by atoms with E-state index >= 15 is 0 Å². The van der Waals surface area contributed by atoms with E-state index in [9.17, 15) is 9.59 Å². The smallest absolute Gasteiger partial charge is 0.321 e. The number of nitrogens with one attached hydrogen (secondary N) is 3. The average molecular weight is 359 g/mol. The SMILES string of the molecule is CN(CC(=O)NC(=O)NC1CCCCC1)C1CC2CCC(C1)N2.Cl. The monoisotopic (exact) mass is 358 g/mol. The number of carbonyl (C=O) groups is 2. The van der Waals surface area contributed by atoms with E-state index in [0.29, 0.717) is 24.7 Å². The van der Waals surface area contributed by atoms with Gasteiger partial charge in [-0.15, -0.1) is 12.4 Å². The molecular weight excluding hydrogens is 328 g/mol. The van der Waals surface area contributed by atoms with Crippen LogP contribution in [0.2, 0.25) is 0 Å². The van der Waals surface area contributed by atoms with E-state index in [1.165, 1.54) is 32.1 Å². The molecule has 0 aromatic rings. The number of rotatable bonds is 4. The molecule has 2 atom stereocenters. The maximum Gasteiger partial charge on any atom is 0.321 e. The van der Waals surface area contributed by atoms with Gasteiger partial charge in [-0.25, -0.2) is 4.79 Å². The van der Waals surface area contributed by atoms with Crippen LogP contribution in [0.3, 0.4) is 0 Å². The van der Waals surface area contributed by atoms with Crippen molar-refractivity contribution < 1.29 is 9.59 Å². The molecule has 0 aromatic carbocycles. The van der Waals surface area contributed by atoms with E-state index < -0.39 is 0 Å². The van der Waals surface area contributed by atoms with E-state index in [-0.39, 0.29) is 30.4 Å². The zero-order valence-electron chi connectivity index (χ0n) is 14.6. The standard InChI is InChI=1S/C17H30N4O2.ClH/c1-21(15-9-13-7-8-14(10-15)18-13)11-16(22)20-17(23)19-12-5-3-2-4-6-12;/h12-15,18H,2-11H2,1H3,(H2,19,20,22,23);1H. The van der Waals surface area contributed by atoms with Crippen molar-refractivity contribution in [3.8, 4) is 0 Å². The van der Waals surface area contributed by atoms with Crippen molar-refractivity contribution in [1.82, 2.24) is 20.9 Å². The molecule has 0 radical (unpaired) electrons. The second-order valence-corrected chi connectivity index (χ2v) is 7.53. The van der Waals surface area contributed by atoms with Crippen molar-refractivity contribution in [1.29, 1.82) is 0 Å². The number of carbonyl (C=O) groups excluding carboxylic acids is 2. The number of likely N-dealkylation sites (N-methyl/N-ethyl adjacent to an activating group) is 1. The van der Waals surface area contributed by atoms with Crippen LogP contribution in [0.25, 0.3) is 0 Å². The number of urea groups is 1. The summed E-state index contributed by atoms with van der Waals surface area (Å²) < 4.78 is 0. The van der Waals surface area contributed by atoms with Crippen LogP contribution >= 0.6 is 12.4 Å².